The molecule has 1 aliphatic heterocycles. The molecule has 0 radical (unpaired) electrons. The maximum absolute atomic E-state index is 11.2. The molecule has 2 N–H and O–H groups in total. The van der Waals surface area contributed by atoms with Crippen molar-refractivity contribution in [2.24, 2.45) is 5.14 Å². The van der Waals surface area contributed by atoms with Crippen LogP contribution in [0.25, 0.3) is 0 Å². The molecule has 0 aliphatic carbocycles. The number of piperidine rings is 1. The second-order valence-corrected chi connectivity index (χ2v) is 7.34. The third-order valence-corrected chi connectivity index (χ3v) is 4.81. The summed E-state index contributed by atoms with van der Waals surface area (Å²) in [5.41, 5.74) is 2.42. The van der Waals surface area contributed by atoms with E-state index in [1.807, 2.05) is 12.1 Å². The number of sulfonamides is 1. The van der Waals surface area contributed by atoms with Crippen LogP contribution in [0.5, 0.6) is 0 Å². The molecule has 116 valence electrons. The number of hydrogen-bond donors (Lipinski definition) is 1. The van der Waals surface area contributed by atoms with Crippen LogP contribution in [0.2, 0.25) is 0 Å². The predicted molar refractivity (Wildman–Crippen MR) is 85.6 cm³/mol. The molecule has 1 saturated heterocycles. The first kappa shape index (κ1) is 16.2. The van der Waals surface area contributed by atoms with E-state index in [0.29, 0.717) is 0 Å². The lowest BCUT2D eigenvalue weighted by Gasteiger charge is -2.25. The summed E-state index contributed by atoms with van der Waals surface area (Å²) in [7, 11) is -3.59. The summed E-state index contributed by atoms with van der Waals surface area (Å²) in [6.45, 7) is 5.54. The fraction of sp³-hybridized carbons (Fsp3) is 0.500. The molecule has 4 nitrogen and oxygen atoms in total. The van der Waals surface area contributed by atoms with Gasteiger partial charge in [-0.2, -0.15) is 0 Å². The zero-order chi connectivity index (χ0) is 15.3. The van der Waals surface area contributed by atoms with Crippen LogP contribution in [-0.4, -0.2) is 33.0 Å². The molecule has 0 amide bonds. The molecule has 1 aromatic rings. The van der Waals surface area contributed by atoms with Gasteiger partial charge in [-0.1, -0.05) is 30.2 Å². The topological polar surface area (TPSA) is 63.4 Å². The van der Waals surface area contributed by atoms with Crippen LogP contribution in [0.15, 0.2) is 40.8 Å². The SMILES string of the molecule is C/C(=C\CN1CCCCC1)Cc1ccc(S(N)(=O)=O)cc1. The number of rotatable bonds is 5. The summed E-state index contributed by atoms with van der Waals surface area (Å²) in [6, 6.07) is 6.81. The van der Waals surface area contributed by atoms with E-state index in [0.717, 1.165) is 18.5 Å². The Morgan fingerprint density at radius 1 is 1.19 bits per heavy atom. The van der Waals surface area contributed by atoms with Crippen LogP contribution >= 0.6 is 0 Å². The number of primary sulfonamides is 1. The van der Waals surface area contributed by atoms with Gasteiger partial charge in [0, 0.05) is 6.54 Å². The molecule has 0 aromatic heterocycles. The molecule has 1 heterocycles. The Labute approximate surface area is 127 Å². The molecule has 1 aromatic carbocycles. The Bertz CT molecular complexity index is 585. The number of hydrogen-bond acceptors (Lipinski definition) is 3. The van der Waals surface area contributed by atoms with Crippen LogP contribution in [-0.2, 0) is 16.4 Å². The largest absolute Gasteiger partial charge is 0.300 e. The van der Waals surface area contributed by atoms with Crippen LogP contribution < -0.4 is 5.14 Å². The average Bonchev–Trinajstić information content (AvgIpc) is 2.46. The lowest BCUT2D eigenvalue weighted by molar-refractivity contribution is 0.251. The summed E-state index contributed by atoms with van der Waals surface area (Å²) in [4.78, 5) is 2.65. The maximum Gasteiger partial charge on any atom is 0.238 e. The van der Waals surface area contributed by atoms with Gasteiger partial charge in [-0.3, -0.25) is 4.90 Å². The Kier molecular flexibility index (Phi) is 5.56. The van der Waals surface area contributed by atoms with E-state index >= 15 is 0 Å². The van der Waals surface area contributed by atoms with Crippen molar-refractivity contribution in [1.29, 1.82) is 0 Å². The molecule has 1 fully saturated rings. The molecule has 1 aliphatic rings. The Morgan fingerprint density at radius 2 is 1.81 bits per heavy atom. The first-order valence-corrected chi connectivity index (χ1v) is 8.99. The van der Waals surface area contributed by atoms with Crippen molar-refractivity contribution in [2.45, 2.75) is 37.5 Å². The number of likely N-dealkylation sites (tertiary alicyclic amines) is 1. The summed E-state index contributed by atoms with van der Waals surface area (Å²) in [6.07, 6.45) is 7.09. The lowest BCUT2D eigenvalue weighted by atomic mass is 10.1. The minimum Gasteiger partial charge on any atom is -0.300 e. The second kappa shape index (κ2) is 7.20. The highest BCUT2D eigenvalue weighted by Crippen LogP contribution is 2.13. The number of allylic oxidation sites excluding steroid dienone is 1. The van der Waals surface area contributed by atoms with Gasteiger partial charge in [0.25, 0.3) is 0 Å². The minimum absolute atomic E-state index is 0.168. The quantitative estimate of drug-likeness (QED) is 0.849. The van der Waals surface area contributed by atoms with Crippen molar-refractivity contribution >= 4 is 10.0 Å². The fourth-order valence-corrected chi connectivity index (χ4v) is 3.13. The van der Waals surface area contributed by atoms with Crippen molar-refractivity contribution < 1.29 is 8.42 Å². The molecule has 0 unspecified atom stereocenters. The zero-order valence-electron chi connectivity index (χ0n) is 12.6. The predicted octanol–water partition coefficient (Wildman–Crippen LogP) is 2.31. The van der Waals surface area contributed by atoms with Gasteiger partial charge in [0.05, 0.1) is 4.90 Å². The first-order valence-electron chi connectivity index (χ1n) is 7.45. The molecule has 0 atom stereocenters. The third kappa shape index (κ3) is 5.26. The van der Waals surface area contributed by atoms with Gasteiger partial charge in [-0.05, 0) is 57.0 Å². The normalized spacial score (nSPS) is 17.9. The highest BCUT2D eigenvalue weighted by molar-refractivity contribution is 7.89. The third-order valence-electron chi connectivity index (χ3n) is 3.88. The van der Waals surface area contributed by atoms with E-state index in [1.54, 1.807) is 12.1 Å². The molecule has 2 rings (SSSR count). The summed E-state index contributed by atoms with van der Waals surface area (Å²) in [5.74, 6) is 0. The standard InChI is InChI=1S/C16H24N2O2S/c1-14(9-12-18-10-3-2-4-11-18)13-15-5-7-16(8-6-15)21(17,19)20/h5-9H,2-4,10-13H2,1H3,(H2,17,19,20)/b14-9+. The molecule has 0 saturated carbocycles. The van der Waals surface area contributed by atoms with Gasteiger partial charge in [0.15, 0.2) is 0 Å². The monoisotopic (exact) mass is 308 g/mol. The number of nitrogens with zero attached hydrogens (tertiary/aromatic N) is 1. The van der Waals surface area contributed by atoms with Gasteiger partial charge in [-0.25, -0.2) is 13.6 Å². The van der Waals surface area contributed by atoms with E-state index in [4.69, 9.17) is 5.14 Å². The number of nitrogens with two attached hydrogens (primary N) is 1. The van der Waals surface area contributed by atoms with E-state index in [2.05, 4.69) is 17.9 Å². The highest BCUT2D eigenvalue weighted by atomic mass is 32.2. The van der Waals surface area contributed by atoms with Gasteiger partial charge in [-0.15, -0.1) is 0 Å². The van der Waals surface area contributed by atoms with E-state index in [9.17, 15) is 8.42 Å². The lowest BCUT2D eigenvalue weighted by Crippen LogP contribution is -2.29. The molecule has 21 heavy (non-hydrogen) atoms. The van der Waals surface area contributed by atoms with Crippen LogP contribution in [0, 0.1) is 0 Å². The molecule has 5 heteroatoms. The van der Waals surface area contributed by atoms with Gasteiger partial charge in [0.2, 0.25) is 10.0 Å². The summed E-state index contributed by atoms with van der Waals surface area (Å²) in [5, 5.41) is 5.09. The summed E-state index contributed by atoms with van der Waals surface area (Å²) >= 11 is 0. The minimum atomic E-state index is -3.59. The first-order chi connectivity index (χ1) is 9.95. The summed E-state index contributed by atoms with van der Waals surface area (Å²) < 4.78 is 22.4. The van der Waals surface area contributed by atoms with E-state index < -0.39 is 10.0 Å². The maximum atomic E-state index is 11.2. The van der Waals surface area contributed by atoms with E-state index in [1.165, 1.54) is 37.9 Å². The van der Waals surface area contributed by atoms with Gasteiger partial charge < -0.3 is 0 Å². The molecule has 0 bridgehead atoms. The highest BCUT2D eigenvalue weighted by Gasteiger charge is 2.09. The average molecular weight is 308 g/mol. The second-order valence-electron chi connectivity index (χ2n) is 5.78. The smallest absolute Gasteiger partial charge is 0.238 e. The van der Waals surface area contributed by atoms with Crippen molar-refractivity contribution in [2.75, 3.05) is 19.6 Å². The Morgan fingerprint density at radius 3 is 2.38 bits per heavy atom. The van der Waals surface area contributed by atoms with E-state index in [-0.39, 0.29) is 4.90 Å². The number of benzene rings is 1. The van der Waals surface area contributed by atoms with Crippen molar-refractivity contribution in [1.82, 2.24) is 4.90 Å². The van der Waals surface area contributed by atoms with Crippen LogP contribution in [0.3, 0.4) is 0 Å². The molecular formula is C16H24N2O2S. The zero-order valence-corrected chi connectivity index (χ0v) is 13.4. The van der Waals surface area contributed by atoms with Crippen LogP contribution in [0.1, 0.15) is 31.7 Å². The molecular weight excluding hydrogens is 284 g/mol. The van der Waals surface area contributed by atoms with Crippen molar-refractivity contribution in [3.05, 3.63) is 41.5 Å². The van der Waals surface area contributed by atoms with Crippen molar-refractivity contribution in [3.8, 4) is 0 Å². The Hall–Kier alpha value is -1.17. The van der Waals surface area contributed by atoms with Gasteiger partial charge in [0.1, 0.15) is 0 Å². The fourth-order valence-electron chi connectivity index (χ4n) is 2.62. The Balaban J connectivity index is 1.91. The van der Waals surface area contributed by atoms with Gasteiger partial charge >= 0.3 is 0 Å². The van der Waals surface area contributed by atoms with Crippen LogP contribution in [0.4, 0.5) is 0 Å². The molecule has 0 spiro atoms. The van der Waals surface area contributed by atoms with Crippen molar-refractivity contribution in [3.63, 3.8) is 0 Å².